The van der Waals surface area contributed by atoms with E-state index in [0.29, 0.717) is 107 Å². The van der Waals surface area contributed by atoms with Crippen molar-refractivity contribution < 1.29 is 33.3 Å². The normalized spacial score (nSPS) is 12.0. The second-order valence-corrected chi connectivity index (χ2v) is 29.3. The lowest BCUT2D eigenvalue weighted by molar-refractivity contribution is 0.0943. The Morgan fingerprint density at radius 1 is 0.350 bits per heavy atom. The number of hydrogen-bond acceptors (Lipinski definition) is 11. The molecule has 0 aromatic heterocycles. The number of amides is 2. The molecule has 0 saturated carbocycles. The Bertz CT molecular complexity index is 2960. The van der Waals surface area contributed by atoms with Crippen LogP contribution in [0.2, 0.25) is 0 Å². The Hall–Kier alpha value is -7.28. The summed E-state index contributed by atoms with van der Waals surface area (Å²) in [6.07, 6.45) is 47.8. The van der Waals surface area contributed by atoms with Crippen LogP contribution in [0.5, 0.6) is 28.7 Å². The number of hydrogen-bond donors (Lipinski definition) is 2. The zero-order chi connectivity index (χ0) is 73.6. The minimum Gasteiger partial charge on any atom is -0.489 e. The van der Waals surface area contributed by atoms with Crippen molar-refractivity contribution in [3.63, 3.8) is 0 Å². The number of carbonyl (C=O) groups excluding carboxylic acids is 2. The van der Waals surface area contributed by atoms with Crippen molar-refractivity contribution in [3.05, 3.63) is 149 Å². The number of nitrogens with zero attached hydrogens (tertiary/aromatic N) is 4. The lowest BCUT2D eigenvalue weighted by Gasteiger charge is -2.23. The molecular formula is C90H136N6O7. The first-order valence-corrected chi connectivity index (χ1v) is 40.7. The molecule has 568 valence electrons. The zero-order valence-electron chi connectivity index (χ0n) is 65.7. The molecule has 0 radical (unpaired) electrons. The molecule has 0 unspecified atom stereocenters. The van der Waals surface area contributed by atoms with E-state index in [-0.39, 0.29) is 25.0 Å². The summed E-state index contributed by atoms with van der Waals surface area (Å²) in [5, 5.41) is 24.3. The summed E-state index contributed by atoms with van der Waals surface area (Å²) in [7, 11) is 0. The molecule has 0 bridgehead atoms. The maximum Gasteiger partial charge on any atom is 0.251 e. The van der Waals surface area contributed by atoms with Crippen LogP contribution in [-0.2, 0) is 13.2 Å². The van der Waals surface area contributed by atoms with Gasteiger partial charge in [-0.1, -0.05) is 231 Å². The molecule has 0 aliphatic rings. The number of rotatable bonds is 60. The van der Waals surface area contributed by atoms with Crippen molar-refractivity contribution in [1.82, 2.24) is 10.6 Å². The van der Waals surface area contributed by atoms with E-state index in [4.69, 9.17) is 23.7 Å². The van der Waals surface area contributed by atoms with Gasteiger partial charge in [0.15, 0.2) is 11.5 Å². The number of unbranched alkanes of at least 4 members (excludes halogenated alkanes) is 27. The Morgan fingerprint density at radius 3 is 0.913 bits per heavy atom. The van der Waals surface area contributed by atoms with E-state index in [2.05, 4.69) is 112 Å². The summed E-state index contributed by atoms with van der Waals surface area (Å²) >= 11 is 0. The number of carbonyl (C=O) groups is 2. The Balaban J connectivity index is 1.38. The minimum atomic E-state index is -0.0852. The summed E-state index contributed by atoms with van der Waals surface area (Å²) in [6, 6.07) is 31.9. The predicted octanol–water partition coefficient (Wildman–Crippen LogP) is 27.6. The largest absolute Gasteiger partial charge is 0.489 e. The van der Waals surface area contributed by atoms with Gasteiger partial charge in [0.2, 0.25) is 5.75 Å². The Morgan fingerprint density at radius 2 is 0.621 bits per heavy atom. The van der Waals surface area contributed by atoms with E-state index in [9.17, 15) is 9.59 Å². The molecule has 5 rings (SSSR count). The smallest absolute Gasteiger partial charge is 0.251 e. The third-order valence-corrected chi connectivity index (χ3v) is 19.1. The van der Waals surface area contributed by atoms with Gasteiger partial charge in [0, 0.05) is 35.3 Å². The van der Waals surface area contributed by atoms with E-state index in [1.54, 1.807) is 24.3 Å². The number of nitrogens with one attached hydrogen (secondary N) is 2. The Kier molecular flexibility index (Phi) is 46.3. The fourth-order valence-electron chi connectivity index (χ4n) is 12.5. The number of benzene rings is 5. The molecule has 5 aromatic carbocycles. The van der Waals surface area contributed by atoms with E-state index < -0.39 is 0 Å². The van der Waals surface area contributed by atoms with E-state index in [1.165, 1.54) is 165 Å². The molecule has 2 amide bonds. The average Bonchev–Trinajstić information content (AvgIpc) is 0.792. The second kappa shape index (κ2) is 55.2. The molecule has 0 aliphatic heterocycles. The fraction of sp³-hybridized carbons (Fsp3) is 0.600. The highest BCUT2D eigenvalue weighted by Crippen LogP contribution is 2.45. The minimum absolute atomic E-state index is 0.0852. The van der Waals surface area contributed by atoms with Crippen molar-refractivity contribution in [2.24, 2.45) is 32.3 Å². The standard InChI is InChI=1S/C90H136N6O7/c1-10-13-16-19-22-25-28-31-34-37-66-99-86-78(70-102-84-58-54-82(55-59-84)95-93-80-50-46-76(47-51-80)89(97)91-64-62-74(8)44-40-42-72(4)5)69-79(87(100-67-38-35-32-29-26-23-20-17-14-11-2)88(86)101-68-39-36-33-30-27-24-21-18-15-12-3)71-103-85-60-56-83(57-61-85)96-94-81-52-48-77(49-53-81)90(98)92-65-63-75(9)45-41-43-73(6)7/h42-43,46-61,69,74-75H,10-41,44-45,62-68,70-71H2,1-9H3,(H,91,97)(H,92,98)/t74-,75-/m1/s1. The van der Waals surface area contributed by atoms with Gasteiger partial charge in [-0.2, -0.15) is 20.5 Å². The van der Waals surface area contributed by atoms with E-state index >= 15 is 0 Å². The van der Waals surface area contributed by atoms with Crippen molar-refractivity contribution in [1.29, 1.82) is 0 Å². The lowest BCUT2D eigenvalue weighted by Crippen LogP contribution is -2.25. The van der Waals surface area contributed by atoms with Gasteiger partial charge in [0.25, 0.3) is 11.8 Å². The van der Waals surface area contributed by atoms with Crippen molar-refractivity contribution in [2.45, 2.75) is 307 Å². The van der Waals surface area contributed by atoms with Crippen molar-refractivity contribution in [3.8, 4) is 28.7 Å². The van der Waals surface area contributed by atoms with Crippen molar-refractivity contribution in [2.75, 3.05) is 32.9 Å². The number of allylic oxidation sites excluding steroid dienone is 4. The summed E-state index contributed by atoms with van der Waals surface area (Å²) in [6.45, 7) is 23.2. The lowest BCUT2D eigenvalue weighted by atomic mass is 10.0. The molecule has 103 heavy (non-hydrogen) atoms. The summed E-state index contributed by atoms with van der Waals surface area (Å²) in [4.78, 5) is 26.0. The van der Waals surface area contributed by atoms with E-state index in [1.807, 2.05) is 72.8 Å². The average molecular weight is 1410 g/mol. The van der Waals surface area contributed by atoms with Gasteiger partial charge in [-0.05, 0) is 200 Å². The monoisotopic (exact) mass is 1410 g/mol. The van der Waals surface area contributed by atoms with E-state index in [0.717, 1.165) is 88.2 Å². The second-order valence-electron chi connectivity index (χ2n) is 29.3. The molecule has 0 saturated heterocycles. The third kappa shape index (κ3) is 39.4. The van der Waals surface area contributed by atoms with Crippen LogP contribution in [0.15, 0.2) is 147 Å². The molecule has 0 heterocycles. The van der Waals surface area contributed by atoms with Crippen LogP contribution in [0.25, 0.3) is 0 Å². The SMILES string of the molecule is CCCCCCCCCCCCOc1c(COc2ccc(N=Nc3ccc(C(=O)NCC[C@H](C)CCC=C(C)C)cc3)cc2)cc(COc2ccc(N=Nc3ccc(C(=O)NCC[C@H](C)CCC=C(C)C)cc3)cc2)c(OCCCCCCCCCCCC)c1OCCCCCCCCCCCC. The maximum atomic E-state index is 13.0. The summed E-state index contributed by atoms with van der Waals surface area (Å²) in [5.74, 6) is 4.19. The molecule has 2 N–H and O–H groups in total. The molecule has 5 aromatic rings. The van der Waals surface area contributed by atoms with Gasteiger partial charge in [0.1, 0.15) is 24.7 Å². The van der Waals surface area contributed by atoms with Gasteiger partial charge in [-0.15, -0.1) is 0 Å². The highest BCUT2D eigenvalue weighted by Gasteiger charge is 2.25. The van der Waals surface area contributed by atoms with Crippen LogP contribution in [-0.4, -0.2) is 44.7 Å². The highest BCUT2D eigenvalue weighted by atomic mass is 16.5. The molecular weight excluding hydrogens is 1280 g/mol. The van der Waals surface area contributed by atoms with Crippen LogP contribution in [0.4, 0.5) is 22.7 Å². The van der Waals surface area contributed by atoms with Crippen LogP contribution in [0, 0.1) is 11.8 Å². The topological polar surface area (TPSA) is 154 Å². The molecule has 13 heteroatoms. The van der Waals surface area contributed by atoms with Crippen LogP contribution in [0.1, 0.15) is 325 Å². The van der Waals surface area contributed by atoms with Gasteiger partial charge in [0.05, 0.1) is 42.6 Å². The first kappa shape index (κ1) is 86.4. The molecule has 0 aliphatic carbocycles. The van der Waals surface area contributed by atoms with Crippen LogP contribution < -0.4 is 34.3 Å². The summed E-state index contributed by atoms with van der Waals surface area (Å²) in [5.41, 5.74) is 8.23. The number of azo groups is 2. The van der Waals surface area contributed by atoms with Crippen LogP contribution in [0.3, 0.4) is 0 Å². The maximum absolute atomic E-state index is 13.0. The van der Waals surface area contributed by atoms with Gasteiger partial charge < -0.3 is 34.3 Å². The first-order valence-electron chi connectivity index (χ1n) is 40.7. The zero-order valence-corrected chi connectivity index (χ0v) is 65.7. The fourth-order valence-corrected chi connectivity index (χ4v) is 12.5. The van der Waals surface area contributed by atoms with Gasteiger partial charge in [-0.3, -0.25) is 9.59 Å². The highest BCUT2D eigenvalue weighted by molar-refractivity contribution is 5.95. The van der Waals surface area contributed by atoms with Gasteiger partial charge >= 0.3 is 0 Å². The summed E-state index contributed by atoms with van der Waals surface area (Å²) < 4.78 is 34.5. The predicted molar refractivity (Wildman–Crippen MR) is 431 cm³/mol. The van der Waals surface area contributed by atoms with Crippen LogP contribution >= 0.6 is 0 Å². The quantitative estimate of drug-likeness (QED) is 0.0223. The molecule has 2 atom stereocenters. The Labute approximate surface area is 624 Å². The van der Waals surface area contributed by atoms with Crippen molar-refractivity contribution >= 4 is 34.6 Å². The molecule has 0 fully saturated rings. The molecule has 0 spiro atoms. The number of ether oxygens (including phenoxy) is 5. The molecule has 13 nitrogen and oxygen atoms in total. The first-order chi connectivity index (χ1) is 50.3. The third-order valence-electron chi connectivity index (χ3n) is 19.1. The van der Waals surface area contributed by atoms with Gasteiger partial charge in [-0.25, -0.2) is 0 Å².